The largest absolute Gasteiger partial charge is 0.497 e. The fraction of sp³-hybridized carbons (Fsp3) is 0.258. The molecule has 0 aromatic heterocycles. The minimum Gasteiger partial charge on any atom is -0.497 e. The molecule has 0 radical (unpaired) electrons. The number of amidine groups is 2. The van der Waals surface area contributed by atoms with Crippen molar-refractivity contribution in [2.45, 2.75) is 25.4 Å². The number of hydrogen-bond donors (Lipinski definition) is 2. The molecule has 3 aliphatic heterocycles. The zero-order valence-corrected chi connectivity index (χ0v) is 24.8. The summed E-state index contributed by atoms with van der Waals surface area (Å²) >= 11 is 1.12. The molecule has 1 atom stereocenters. The average Bonchev–Trinajstić information content (AvgIpc) is 3.65. The van der Waals surface area contributed by atoms with Gasteiger partial charge in [-0.05, 0) is 48.4 Å². The Labute approximate surface area is 257 Å². The van der Waals surface area contributed by atoms with E-state index in [0.29, 0.717) is 57.5 Å². The van der Waals surface area contributed by atoms with Crippen LogP contribution in [0.1, 0.15) is 24.0 Å². The van der Waals surface area contributed by atoms with E-state index in [1.54, 1.807) is 18.2 Å². The number of aliphatic imine (C=N–C) groups is 2. The first-order valence-corrected chi connectivity index (χ1v) is 14.8. The van der Waals surface area contributed by atoms with E-state index in [4.69, 9.17) is 23.9 Å². The standard InChI is InChI=1S/C31H29N5O7S/c1-40-19-8-11-24(41-2)23(14-19)33-28(38)16-44-31-35-21-6-4-3-5-20(21)29-34-22(30(39)36(29)31)9-12-27(37)32-15-18-7-10-25-26(13-18)43-17-42-25/h3-8,10-11,13-14,22H,9,12,15-17H2,1-2H3,(H,32,37)(H,33,38)/t22-/m0/s1. The van der Waals surface area contributed by atoms with Crippen LogP contribution in [0.25, 0.3) is 0 Å². The van der Waals surface area contributed by atoms with Gasteiger partial charge < -0.3 is 29.6 Å². The lowest BCUT2D eigenvalue weighted by molar-refractivity contribution is -0.125. The van der Waals surface area contributed by atoms with Gasteiger partial charge in [0.15, 0.2) is 16.7 Å². The molecule has 6 rings (SSSR count). The molecule has 0 saturated heterocycles. The smallest absolute Gasteiger partial charge is 0.259 e. The molecule has 44 heavy (non-hydrogen) atoms. The van der Waals surface area contributed by atoms with Gasteiger partial charge in [-0.25, -0.2) is 9.89 Å². The minimum atomic E-state index is -0.756. The number of nitrogens with one attached hydrogen (secondary N) is 2. The van der Waals surface area contributed by atoms with E-state index >= 15 is 0 Å². The number of fused-ring (bicyclic) bond motifs is 4. The Morgan fingerprint density at radius 3 is 2.70 bits per heavy atom. The minimum absolute atomic E-state index is 0.0225. The Hall–Kier alpha value is -5.04. The second kappa shape index (κ2) is 12.7. The number of benzene rings is 3. The van der Waals surface area contributed by atoms with Crippen LogP contribution in [-0.4, -0.2) is 66.4 Å². The summed E-state index contributed by atoms with van der Waals surface area (Å²) in [6, 6.07) is 17.2. The van der Waals surface area contributed by atoms with Crippen LogP contribution in [0.2, 0.25) is 0 Å². The quantitative estimate of drug-likeness (QED) is 0.351. The third-order valence-electron chi connectivity index (χ3n) is 7.13. The van der Waals surface area contributed by atoms with Crippen molar-refractivity contribution in [2.24, 2.45) is 9.98 Å². The van der Waals surface area contributed by atoms with Gasteiger partial charge in [0.1, 0.15) is 23.4 Å². The predicted octanol–water partition coefficient (Wildman–Crippen LogP) is 3.86. The summed E-state index contributed by atoms with van der Waals surface area (Å²) in [6.45, 7) is 0.500. The Bertz CT molecular complexity index is 1690. The maximum Gasteiger partial charge on any atom is 0.259 e. The van der Waals surface area contributed by atoms with Crippen LogP contribution in [-0.2, 0) is 20.9 Å². The number of carbonyl (C=O) groups excluding carboxylic acids is 3. The molecule has 3 heterocycles. The molecule has 12 nitrogen and oxygen atoms in total. The second-order valence-electron chi connectivity index (χ2n) is 9.96. The molecule has 2 N–H and O–H groups in total. The number of rotatable bonds is 10. The molecule has 3 aromatic rings. The lowest BCUT2D eigenvalue weighted by atomic mass is 10.1. The summed E-state index contributed by atoms with van der Waals surface area (Å²) in [4.78, 5) is 50.0. The highest BCUT2D eigenvalue weighted by molar-refractivity contribution is 8.14. The highest BCUT2D eigenvalue weighted by atomic mass is 32.2. The maximum absolute atomic E-state index is 13.6. The van der Waals surface area contributed by atoms with Gasteiger partial charge in [0.25, 0.3) is 5.91 Å². The van der Waals surface area contributed by atoms with Gasteiger partial charge in [-0.15, -0.1) is 0 Å². The highest BCUT2D eigenvalue weighted by Gasteiger charge is 2.41. The van der Waals surface area contributed by atoms with E-state index in [1.807, 2.05) is 42.5 Å². The fourth-order valence-corrected chi connectivity index (χ4v) is 5.72. The van der Waals surface area contributed by atoms with Crippen molar-refractivity contribution in [3.8, 4) is 23.0 Å². The maximum atomic E-state index is 13.6. The van der Waals surface area contributed by atoms with E-state index in [9.17, 15) is 14.4 Å². The highest BCUT2D eigenvalue weighted by Crippen LogP contribution is 2.35. The van der Waals surface area contributed by atoms with Crippen molar-refractivity contribution in [2.75, 3.05) is 32.1 Å². The number of hydrogen-bond acceptors (Lipinski definition) is 10. The van der Waals surface area contributed by atoms with E-state index in [0.717, 1.165) is 17.3 Å². The lowest BCUT2D eigenvalue weighted by Gasteiger charge is -2.25. The summed E-state index contributed by atoms with van der Waals surface area (Å²) in [5.41, 5.74) is 2.70. The lowest BCUT2D eigenvalue weighted by Crippen LogP contribution is -2.41. The van der Waals surface area contributed by atoms with Crippen molar-refractivity contribution in [3.05, 3.63) is 71.8 Å². The Balaban J connectivity index is 1.09. The molecule has 13 heteroatoms. The first-order valence-electron chi connectivity index (χ1n) is 13.8. The van der Waals surface area contributed by atoms with Gasteiger partial charge in [-0.3, -0.25) is 19.4 Å². The van der Waals surface area contributed by atoms with Gasteiger partial charge in [0.2, 0.25) is 18.6 Å². The first-order chi connectivity index (χ1) is 21.4. The van der Waals surface area contributed by atoms with Crippen LogP contribution in [0, 0.1) is 0 Å². The van der Waals surface area contributed by atoms with Crippen molar-refractivity contribution < 1.29 is 33.3 Å². The van der Waals surface area contributed by atoms with Gasteiger partial charge in [0, 0.05) is 24.6 Å². The normalized spacial score (nSPS) is 16.0. The molecule has 0 bridgehead atoms. The molecule has 0 unspecified atom stereocenters. The van der Waals surface area contributed by atoms with Crippen molar-refractivity contribution >= 4 is 51.9 Å². The number of methoxy groups -OCH3 is 2. The molecule has 0 saturated carbocycles. The van der Waals surface area contributed by atoms with Crippen LogP contribution in [0.3, 0.4) is 0 Å². The molecule has 3 aliphatic rings. The summed E-state index contributed by atoms with van der Waals surface area (Å²) in [7, 11) is 3.05. The predicted molar refractivity (Wildman–Crippen MR) is 165 cm³/mol. The number of thioether (sulfide) groups is 1. The molecular formula is C31H29N5O7S. The zero-order chi connectivity index (χ0) is 30.6. The first kappa shape index (κ1) is 29.1. The Kier molecular flexibility index (Phi) is 8.37. The van der Waals surface area contributed by atoms with Crippen molar-refractivity contribution in [3.63, 3.8) is 0 Å². The van der Waals surface area contributed by atoms with Crippen LogP contribution in [0.4, 0.5) is 11.4 Å². The SMILES string of the molecule is COc1ccc(OC)c(NC(=O)CSC2=Nc3ccccc3C3=N[C@@H](CCC(=O)NCc4ccc5c(c4)OCO5)C(=O)N23)c1. The number of amides is 3. The Morgan fingerprint density at radius 1 is 1.02 bits per heavy atom. The van der Waals surface area contributed by atoms with Crippen molar-refractivity contribution in [1.82, 2.24) is 10.2 Å². The third kappa shape index (κ3) is 6.04. The van der Waals surface area contributed by atoms with Gasteiger partial charge in [-0.1, -0.05) is 30.0 Å². The van der Waals surface area contributed by atoms with E-state index in [2.05, 4.69) is 15.6 Å². The number of ether oxygens (including phenoxy) is 4. The molecule has 3 aromatic carbocycles. The molecule has 0 spiro atoms. The topological polar surface area (TPSA) is 140 Å². The zero-order valence-electron chi connectivity index (χ0n) is 24.0. The van der Waals surface area contributed by atoms with E-state index in [-0.39, 0.29) is 43.1 Å². The van der Waals surface area contributed by atoms with E-state index < -0.39 is 6.04 Å². The molecular weight excluding hydrogens is 586 g/mol. The van der Waals surface area contributed by atoms with Gasteiger partial charge in [-0.2, -0.15) is 0 Å². The second-order valence-corrected chi connectivity index (χ2v) is 10.9. The van der Waals surface area contributed by atoms with Crippen molar-refractivity contribution in [1.29, 1.82) is 0 Å². The van der Waals surface area contributed by atoms with Gasteiger partial charge in [0.05, 0.1) is 31.3 Å². The van der Waals surface area contributed by atoms with Crippen LogP contribution in [0.5, 0.6) is 23.0 Å². The monoisotopic (exact) mass is 615 g/mol. The Morgan fingerprint density at radius 2 is 1.86 bits per heavy atom. The fourth-order valence-electron chi connectivity index (χ4n) is 4.92. The molecule has 226 valence electrons. The molecule has 3 amide bonds. The number of nitrogens with zero attached hydrogens (tertiary/aromatic N) is 3. The number of carbonyl (C=O) groups is 3. The average molecular weight is 616 g/mol. The van der Waals surface area contributed by atoms with E-state index in [1.165, 1.54) is 19.1 Å². The summed E-state index contributed by atoms with van der Waals surface area (Å²) in [6.07, 6.45) is 0.333. The summed E-state index contributed by atoms with van der Waals surface area (Å²) < 4.78 is 21.3. The molecule has 0 aliphatic carbocycles. The third-order valence-corrected chi connectivity index (χ3v) is 8.07. The summed E-state index contributed by atoms with van der Waals surface area (Å²) in [5.74, 6) is 2.01. The van der Waals surface area contributed by atoms with Crippen LogP contribution in [0.15, 0.2) is 70.6 Å². The van der Waals surface area contributed by atoms with Crippen LogP contribution >= 0.6 is 11.8 Å². The molecule has 0 fully saturated rings. The summed E-state index contributed by atoms with van der Waals surface area (Å²) in [5, 5.41) is 6.06. The number of anilines is 1. The van der Waals surface area contributed by atoms with Gasteiger partial charge >= 0.3 is 0 Å². The van der Waals surface area contributed by atoms with Crippen LogP contribution < -0.4 is 29.6 Å². The number of para-hydroxylation sites is 1.